The molecular weight excluding hydrogens is 364 g/mol. The van der Waals surface area contributed by atoms with E-state index in [9.17, 15) is 4.79 Å². The summed E-state index contributed by atoms with van der Waals surface area (Å²) < 4.78 is 7.91. The van der Waals surface area contributed by atoms with Crippen molar-refractivity contribution < 1.29 is 9.53 Å². The third-order valence-electron chi connectivity index (χ3n) is 4.59. The third-order valence-corrected chi connectivity index (χ3v) is 5.49. The molecule has 0 aromatic carbocycles. The first-order valence-electron chi connectivity index (χ1n) is 8.91. The van der Waals surface area contributed by atoms with Crippen LogP contribution in [0, 0.1) is 6.92 Å². The molecule has 1 N–H and O–H groups in total. The molecule has 0 radical (unpaired) electrons. The molecule has 0 aliphatic carbocycles. The van der Waals surface area contributed by atoms with Gasteiger partial charge < -0.3 is 10.1 Å². The first-order chi connectivity index (χ1) is 13.0. The number of nitrogens with zero attached hydrogens (tertiary/aromatic N) is 5. The summed E-state index contributed by atoms with van der Waals surface area (Å²) in [4.78, 5) is 23.3. The summed E-state index contributed by atoms with van der Waals surface area (Å²) in [6.07, 6.45) is 6.47. The van der Waals surface area contributed by atoms with Crippen molar-refractivity contribution in [1.29, 1.82) is 0 Å². The van der Waals surface area contributed by atoms with E-state index in [2.05, 4.69) is 32.2 Å². The first-order valence-corrected chi connectivity index (χ1v) is 9.73. The normalized spacial score (nSPS) is 20.3. The molecule has 3 aromatic heterocycles. The number of thiazole rings is 1. The number of carbonyl (C=O) groups excluding carboxylic acids is 1. The molecule has 0 bridgehead atoms. The van der Waals surface area contributed by atoms with Gasteiger partial charge in [-0.15, -0.1) is 11.3 Å². The van der Waals surface area contributed by atoms with Crippen LogP contribution in [0.25, 0.3) is 5.52 Å². The van der Waals surface area contributed by atoms with E-state index < -0.39 is 0 Å². The molecular formula is C18H22N6O2S. The lowest BCUT2D eigenvalue weighted by Crippen LogP contribution is -2.27. The summed E-state index contributed by atoms with van der Waals surface area (Å²) in [5.74, 6) is 0.492. The minimum absolute atomic E-state index is 0.0874. The quantitative estimate of drug-likeness (QED) is 0.725. The van der Waals surface area contributed by atoms with Crippen molar-refractivity contribution in [1.82, 2.24) is 24.5 Å². The minimum Gasteiger partial charge on any atom is -0.472 e. The molecule has 4 rings (SSSR count). The zero-order valence-electron chi connectivity index (χ0n) is 15.5. The SMILES string of the molecule is CC(=O)Nc1ncc(CN2C[C@H](Oc3cn4nc(C)cc4cn3)C[C@@H]2C)s1. The van der Waals surface area contributed by atoms with Crippen LogP contribution in [0.2, 0.25) is 0 Å². The van der Waals surface area contributed by atoms with Crippen LogP contribution in [0.4, 0.5) is 5.13 Å². The number of ether oxygens (including phenoxy) is 1. The maximum Gasteiger partial charge on any atom is 0.232 e. The van der Waals surface area contributed by atoms with Crippen molar-refractivity contribution in [3.8, 4) is 5.88 Å². The van der Waals surface area contributed by atoms with Crippen LogP contribution >= 0.6 is 11.3 Å². The number of rotatable bonds is 5. The molecule has 9 heteroatoms. The summed E-state index contributed by atoms with van der Waals surface area (Å²) >= 11 is 1.51. The molecule has 0 saturated carbocycles. The number of hydrogen-bond donors (Lipinski definition) is 1. The van der Waals surface area contributed by atoms with Gasteiger partial charge in [-0.25, -0.2) is 14.5 Å². The van der Waals surface area contributed by atoms with Gasteiger partial charge in [-0.1, -0.05) is 0 Å². The molecule has 4 heterocycles. The van der Waals surface area contributed by atoms with E-state index in [-0.39, 0.29) is 12.0 Å². The van der Waals surface area contributed by atoms with Gasteiger partial charge in [-0.3, -0.25) is 9.69 Å². The van der Waals surface area contributed by atoms with E-state index in [1.807, 2.05) is 25.4 Å². The lowest BCUT2D eigenvalue weighted by atomic mass is 10.2. The second-order valence-corrected chi connectivity index (χ2v) is 8.06. The summed E-state index contributed by atoms with van der Waals surface area (Å²) in [7, 11) is 0. The highest BCUT2D eigenvalue weighted by Crippen LogP contribution is 2.26. The number of nitrogens with one attached hydrogen (secondary N) is 1. The van der Waals surface area contributed by atoms with E-state index in [4.69, 9.17) is 4.74 Å². The predicted molar refractivity (Wildman–Crippen MR) is 103 cm³/mol. The number of aryl methyl sites for hydroxylation is 1. The Bertz CT molecular complexity index is 968. The van der Waals surface area contributed by atoms with Crippen LogP contribution in [-0.2, 0) is 11.3 Å². The number of anilines is 1. The fourth-order valence-corrected chi connectivity index (χ4v) is 4.26. The van der Waals surface area contributed by atoms with Gasteiger partial charge in [-0.05, 0) is 19.9 Å². The Hall–Kier alpha value is -2.52. The molecule has 0 spiro atoms. The molecule has 2 atom stereocenters. The van der Waals surface area contributed by atoms with E-state index in [1.165, 1.54) is 18.3 Å². The van der Waals surface area contributed by atoms with Crippen molar-refractivity contribution in [3.05, 3.63) is 35.2 Å². The monoisotopic (exact) mass is 386 g/mol. The lowest BCUT2D eigenvalue weighted by molar-refractivity contribution is -0.114. The van der Waals surface area contributed by atoms with E-state index in [1.54, 1.807) is 10.7 Å². The van der Waals surface area contributed by atoms with Crippen molar-refractivity contribution in [2.45, 2.75) is 45.9 Å². The Morgan fingerprint density at radius 3 is 3.07 bits per heavy atom. The van der Waals surface area contributed by atoms with Crippen molar-refractivity contribution >= 4 is 27.9 Å². The molecule has 8 nitrogen and oxygen atoms in total. The van der Waals surface area contributed by atoms with Crippen LogP contribution in [-0.4, -0.2) is 49.1 Å². The van der Waals surface area contributed by atoms with Gasteiger partial charge in [0, 0.05) is 43.5 Å². The average molecular weight is 386 g/mol. The molecule has 1 aliphatic heterocycles. The number of fused-ring (bicyclic) bond motifs is 1. The van der Waals surface area contributed by atoms with E-state index >= 15 is 0 Å². The fraction of sp³-hybridized carbons (Fsp3) is 0.444. The summed E-state index contributed by atoms with van der Waals surface area (Å²) in [6.45, 7) is 7.27. The highest BCUT2D eigenvalue weighted by Gasteiger charge is 2.31. The Kier molecular flexibility index (Phi) is 4.79. The van der Waals surface area contributed by atoms with Gasteiger partial charge in [0.15, 0.2) is 5.13 Å². The predicted octanol–water partition coefficient (Wildman–Crippen LogP) is 2.49. The van der Waals surface area contributed by atoms with Gasteiger partial charge in [0.25, 0.3) is 0 Å². The molecule has 142 valence electrons. The van der Waals surface area contributed by atoms with Gasteiger partial charge in [0.2, 0.25) is 11.8 Å². The van der Waals surface area contributed by atoms with Crippen molar-refractivity contribution in [3.63, 3.8) is 0 Å². The molecule has 1 fully saturated rings. The summed E-state index contributed by atoms with van der Waals surface area (Å²) in [6, 6.07) is 2.39. The zero-order chi connectivity index (χ0) is 19.0. The number of carbonyl (C=O) groups is 1. The second kappa shape index (κ2) is 7.24. The van der Waals surface area contributed by atoms with E-state index in [0.717, 1.165) is 35.6 Å². The van der Waals surface area contributed by atoms with Crippen LogP contribution in [0.15, 0.2) is 24.7 Å². The second-order valence-electron chi connectivity index (χ2n) is 6.95. The van der Waals surface area contributed by atoms with Crippen LogP contribution in [0.5, 0.6) is 5.88 Å². The Balaban J connectivity index is 1.38. The largest absolute Gasteiger partial charge is 0.472 e. The molecule has 1 aliphatic rings. The van der Waals surface area contributed by atoms with Crippen LogP contribution in [0.3, 0.4) is 0 Å². The topological polar surface area (TPSA) is 84.7 Å². The number of likely N-dealkylation sites (tertiary alicyclic amines) is 1. The van der Waals surface area contributed by atoms with Crippen LogP contribution < -0.4 is 10.1 Å². The summed E-state index contributed by atoms with van der Waals surface area (Å²) in [5, 5.41) is 7.78. The standard InChI is InChI=1S/C18H22N6O2S/c1-11-4-14-6-19-17(10-24(14)22-11)26-15-5-12(2)23(8-15)9-16-7-20-18(27-16)21-13(3)25/h4,6-7,10,12,15H,5,8-9H2,1-3H3,(H,20,21,25)/t12-,15+/m0/s1. The Morgan fingerprint density at radius 1 is 1.41 bits per heavy atom. The van der Waals surface area contributed by atoms with Gasteiger partial charge >= 0.3 is 0 Å². The average Bonchev–Trinajstić information content (AvgIpc) is 3.26. The Morgan fingerprint density at radius 2 is 2.26 bits per heavy atom. The third kappa shape index (κ3) is 4.09. The first kappa shape index (κ1) is 17.9. The minimum atomic E-state index is -0.101. The summed E-state index contributed by atoms with van der Waals surface area (Å²) in [5.41, 5.74) is 1.92. The highest BCUT2D eigenvalue weighted by atomic mass is 32.1. The van der Waals surface area contributed by atoms with Gasteiger partial charge in [0.05, 0.1) is 23.6 Å². The maximum absolute atomic E-state index is 11.1. The smallest absolute Gasteiger partial charge is 0.232 e. The molecule has 0 unspecified atom stereocenters. The maximum atomic E-state index is 11.1. The molecule has 1 saturated heterocycles. The van der Waals surface area contributed by atoms with Crippen LogP contribution in [0.1, 0.15) is 30.8 Å². The van der Waals surface area contributed by atoms with E-state index in [0.29, 0.717) is 17.1 Å². The molecule has 3 aromatic rings. The lowest BCUT2D eigenvalue weighted by Gasteiger charge is -2.19. The Labute approximate surface area is 161 Å². The van der Waals surface area contributed by atoms with Crippen molar-refractivity contribution in [2.24, 2.45) is 0 Å². The fourth-order valence-electron chi connectivity index (χ4n) is 3.38. The van der Waals surface area contributed by atoms with Gasteiger partial charge in [-0.2, -0.15) is 5.10 Å². The molecule has 27 heavy (non-hydrogen) atoms. The number of aromatic nitrogens is 4. The molecule has 1 amide bonds. The van der Waals surface area contributed by atoms with Gasteiger partial charge in [0.1, 0.15) is 6.10 Å². The number of amides is 1. The highest BCUT2D eigenvalue weighted by molar-refractivity contribution is 7.15. The zero-order valence-corrected chi connectivity index (χ0v) is 16.4. The number of hydrogen-bond acceptors (Lipinski definition) is 7. The van der Waals surface area contributed by atoms with Crippen molar-refractivity contribution in [2.75, 3.05) is 11.9 Å².